The Morgan fingerprint density at radius 2 is 1.88 bits per heavy atom. The topological polar surface area (TPSA) is 137 Å². The Morgan fingerprint density at radius 1 is 1.18 bits per heavy atom. The molecule has 0 saturated carbocycles. The zero-order valence-electron chi connectivity index (χ0n) is 17.5. The molecule has 1 aliphatic heterocycles. The Kier molecular flexibility index (Phi) is 7.28. The number of amides is 3. The van der Waals surface area contributed by atoms with Gasteiger partial charge in [-0.05, 0) is 41.5 Å². The Morgan fingerprint density at radius 3 is 2.48 bits per heavy atom. The van der Waals surface area contributed by atoms with Crippen LogP contribution in [0.15, 0.2) is 46.6 Å². The van der Waals surface area contributed by atoms with E-state index in [-0.39, 0.29) is 18.0 Å². The third-order valence-electron chi connectivity index (χ3n) is 4.60. The number of ether oxygens (including phenoxy) is 3. The lowest BCUT2D eigenvalue weighted by Crippen LogP contribution is -2.36. The van der Waals surface area contributed by atoms with Crippen LogP contribution < -0.4 is 14.8 Å². The van der Waals surface area contributed by atoms with Crippen molar-refractivity contribution in [2.24, 2.45) is 0 Å². The van der Waals surface area contributed by atoms with Crippen molar-refractivity contribution in [1.82, 2.24) is 10.2 Å². The van der Waals surface area contributed by atoms with E-state index in [1.54, 1.807) is 24.3 Å². The van der Waals surface area contributed by atoms with Crippen LogP contribution in [-0.2, 0) is 20.9 Å². The predicted octanol–water partition coefficient (Wildman–Crippen LogP) is 3.01. The molecule has 3 amide bonds. The molecule has 11 nitrogen and oxygen atoms in total. The number of hydrogen-bond donors (Lipinski definition) is 1. The number of nitro groups is 1. The Bertz CT molecular complexity index is 1150. The molecule has 0 bridgehead atoms. The van der Waals surface area contributed by atoms with Gasteiger partial charge in [-0.3, -0.25) is 19.7 Å². The Labute approximate surface area is 196 Å². The maximum Gasteiger partial charge on any atom is 0.329 e. The number of imide groups is 1. The van der Waals surface area contributed by atoms with Crippen molar-refractivity contribution in [2.45, 2.75) is 6.61 Å². The summed E-state index contributed by atoms with van der Waals surface area (Å²) in [4.78, 5) is 47.0. The van der Waals surface area contributed by atoms with E-state index >= 15 is 0 Å². The molecule has 0 radical (unpaired) electrons. The van der Waals surface area contributed by atoms with E-state index < -0.39 is 29.4 Å². The van der Waals surface area contributed by atoms with E-state index in [4.69, 9.17) is 9.47 Å². The molecule has 1 fully saturated rings. The molecule has 0 atom stereocenters. The first-order chi connectivity index (χ1) is 15.7. The molecule has 1 aliphatic rings. The summed E-state index contributed by atoms with van der Waals surface area (Å²) in [5.74, 6) is -0.652. The molecule has 1 N–H and O–H groups in total. The number of hydrogen-bond acceptors (Lipinski definition) is 8. The third kappa shape index (κ3) is 5.47. The second kappa shape index (κ2) is 10.1. The molecule has 0 aliphatic carbocycles. The van der Waals surface area contributed by atoms with Crippen LogP contribution in [0.4, 0.5) is 10.5 Å². The van der Waals surface area contributed by atoms with Crippen molar-refractivity contribution in [2.75, 3.05) is 20.8 Å². The van der Waals surface area contributed by atoms with E-state index in [9.17, 15) is 24.5 Å². The summed E-state index contributed by atoms with van der Waals surface area (Å²) in [6.45, 7) is -0.364. The van der Waals surface area contributed by atoms with Crippen molar-refractivity contribution in [3.63, 3.8) is 0 Å². The van der Waals surface area contributed by atoms with Gasteiger partial charge in [0.15, 0.2) is 11.5 Å². The number of carbonyl (C=O) groups is 3. The number of methoxy groups -OCH3 is 2. The molecule has 0 spiro atoms. The van der Waals surface area contributed by atoms with Crippen LogP contribution in [-0.4, -0.2) is 48.5 Å². The second-order valence-electron chi connectivity index (χ2n) is 6.69. The predicted molar refractivity (Wildman–Crippen MR) is 118 cm³/mol. The highest BCUT2D eigenvalue weighted by Crippen LogP contribution is 2.35. The average molecular weight is 520 g/mol. The van der Waals surface area contributed by atoms with Crippen molar-refractivity contribution in [1.29, 1.82) is 0 Å². The number of rotatable bonds is 8. The average Bonchev–Trinajstić information content (AvgIpc) is 3.06. The first-order valence-electron chi connectivity index (χ1n) is 9.38. The van der Waals surface area contributed by atoms with E-state index in [1.165, 1.54) is 25.3 Å². The quantitative estimate of drug-likeness (QED) is 0.184. The first-order valence-corrected chi connectivity index (χ1v) is 10.2. The van der Waals surface area contributed by atoms with Gasteiger partial charge in [-0.25, -0.2) is 9.69 Å². The molecule has 0 unspecified atom stereocenters. The van der Waals surface area contributed by atoms with Crippen molar-refractivity contribution in [3.8, 4) is 11.5 Å². The van der Waals surface area contributed by atoms with Crippen molar-refractivity contribution < 1.29 is 33.5 Å². The molecular weight excluding hydrogens is 502 g/mol. The molecule has 1 heterocycles. The minimum atomic E-state index is -0.734. The number of nitro benzene ring substituents is 1. The molecule has 2 aromatic rings. The summed E-state index contributed by atoms with van der Waals surface area (Å²) < 4.78 is 16.2. The summed E-state index contributed by atoms with van der Waals surface area (Å²) in [5, 5.41) is 13.2. The van der Waals surface area contributed by atoms with Crippen molar-refractivity contribution >= 4 is 45.6 Å². The number of benzene rings is 2. The summed E-state index contributed by atoms with van der Waals surface area (Å²) in [6.07, 6.45) is 1.43. The number of nitrogens with zero attached hydrogens (tertiary/aromatic N) is 2. The molecule has 172 valence electrons. The van der Waals surface area contributed by atoms with Crippen LogP contribution in [0.2, 0.25) is 0 Å². The van der Waals surface area contributed by atoms with E-state index in [0.717, 1.165) is 17.6 Å². The Balaban J connectivity index is 1.79. The fourth-order valence-electron chi connectivity index (χ4n) is 2.87. The monoisotopic (exact) mass is 519 g/mol. The summed E-state index contributed by atoms with van der Waals surface area (Å²) in [5.41, 5.74) is 1.19. The summed E-state index contributed by atoms with van der Waals surface area (Å²) in [6, 6.07) is 8.45. The van der Waals surface area contributed by atoms with Gasteiger partial charge in [0.2, 0.25) is 0 Å². The van der Waals surface area contributed by atoms with Gasteiger partial charge in [0.05, 0.1) is 19.1 Å². The maximum atomic E-state index is 12.5. The molecule has 12 heteroatoms. The number of halogens is 1. The van der Waals surface area contributed by atoms with Crippen LogP contribution in [0.5, 0.6) is 11.5 Å². The summed E-state index contributed by atoms with van der Waals surface area (Å²) >= 11 is 3.40. The molecule has 2 aromatic carbocycles. The maximum absolute atomic E-state index is 12.5. The van der Waals surface area contributed by atoms with Gasteiger partial charge in [0, 0.05) is 16.6 Å². The van der Waals surface area contributed by atoms with Crippen molar-refractivity contribution in [3.05, 3.63) is 67.8 Å². The Hall–Kier alpha value is -3.93. The highest BCUT2D eigenvalue weighted by atomic mass is 79.9. The smallest absolute Gasteiger partial charge is 0.329 e. The first kappa shape index (κ1) is 23.7. The van der Waals surface area contributed by atoms with E-state index in [1.807, 2.05) is 0 Å². The fraction of sp³-hybridized carbons (Fsp3) is 0.190. The number of esters is 1. The van der Waals surface area contributed by atoms with Crippen LogP contribution >= 0.6 is 15.9 Å². The van der Waals surface area contributed by atoms with Gasteiger partial charge in [-0.15, -0.1) is 0 Å². The normalized spacial score (nSPS) is 14.3. The lowest BCUT2D eigenvalue weighted by Gasteiger charge is -2.13. The zero-order valence-corrected chi connectivity index (χ0v) is 19.1. The molecule has 0 aromatic heterocycles. The molecule has 1 saturated heterocycles. The largest absolute Gasteiger partial charge is 0.493 e. The molecule has 33 heavy (non-hydrogen) atoms. The second-order valence-corrected chi connectivity index (χ2v) is 7.55. The summed E-state index contributed by atoms with van der Waals surface area (Å²) in [7, 11) is 2.60. The van der Waals surface area contributed by atoms with Crippen LogP contribution in [0.1, 0.15) is 11.1 Å². The zero-order chi connectivity index (χ0) is 24.1. The van der Waals surface area contributed by atoms with E-state index in [0.29, 0.717) is 21.5 Å². The van der Waals surface area contributed by atoms with Gasteiger partial charge in [0.25, 0.3) is 11.6 Å². The highest BCUT2D eigenvalue weighted by Gasteiger charge is 2.35. The third-order valence-corrected chi connectivity index (χ3v) is 5.29. The number of non-ortho nitro benzene ring substituents is 1. The minimum absolute atomic E-state index is 0.0184. The lowest BCUT2D eigenvalue weighted by molar-refractivity contribution is -0.384. The van der Waals surface area contributed by atoms with Gasteiger partial charge in [-0.1, -0.05) is 15.9 Å². The SMILES string of the molecule is COC(=O)CN1C(=O)N/C(=C/c2cc(OC)c(OCc3ccc([N+](=O)[O-])cc3)cc2Br)C1=O. The van der Waals surface area contributed by atoms with Crippen LogP contribution in [0, 0.1) is 10.1 Å². The van der Waals surface area contributed by atoms with Gasteiger partial charge in [0.1, 0.15) is 18.8 Å². The van der Waals surface area contributed by atoms with Gasteiger partial charge < -0.3 is 19.5 Å². The van der Waals surface area contributed by atoms with Crippen LogP contribution in [0.25, 0.3) is 6.08 Å². The van der Waals surface area contributed by atoms with Gasteiger partial charge in [-0.2, -0.15) is 0 Å². The minimum Gasteiger partial charge on any atom is -0.493 e. The lowest BCUT2D eigenvalue weighted by atomic mass is 10.1. The number of nitrogens with one attached hydrogen (secondary N) is 1. The standard InChI is InChI=1S/C21H18BrN3O8/c1-31-17-8-13(7-16-20(27)24(21(28)23-16)10-19(26)32-2)15(22)9-18(17)33-11-12-3-5-14(6-4-12)25(29)30/h3-9H,10-11H2,1-2H3,(H,23,28)/b16-7+. The molecular formula is C21H18BrN3O8. The van der Waals surface area contributed by atoms with Gasteiger partial charge >= 0.3 is 12.0 Å². The highest BCUT2D eigenvalue weighted by molar-refractivity contribution is 9.10. The number of urea groups is 1. The number of carbonyl (C=O) groups excluding carboxylic acids is 3. The van der Waals surface area contributed by atoms with Crippen LogP contribution in [0.3, 0.4) is 0 Å². The fourth-order valence-corrected chi connectivity index (χ4v) is 3.31. The molecule has 3 rings (SSSR count). The van der Waals surface area contributed by atoms with E-state index in [2.05, 4.69) is 26.0 Å².